The molecule has 0 bridgehead atoms. The van der Waals surface area contributed by atoms with Gasteiger partial charge in [-0.2, -0.15) is 8.42 Å². The van der Waals surface area contributed by atoms with Crippen LogP contribution in [-0.4, -0.2) is 18.2 Å². The molecular weight excluding hydrogens is 188 g/mol. The SMILES string of the molecule is CC(C)(C)C(C(C)(C)C)S(=O)(=O)O. The Kier molecular flexibility index (Phi) is 3.22. The van der Waals surface area contributed by atoms with Crippen molar-refractivity contribution < 1.29 is 13.0 Å². The van der Waals surface area contributed by atoms with E-state index in [1.807, 2.05) is 41.5 Å². The Bertz CT molecular complexity index is 250. The second-order valence-electron chi connectivity index (χ2n) is 5.63. The highest BCUT2D eigenvalue weighted by Gasteiger charge is 2.43. The largest absolute Gasteiger partial charge is 0.285 e. The fraction of sp³-hybridized carbons (Fsp3) is 1.00. The molecule has 1 N–H and O–H groups in total. The van der Waals surface area contributed by atoms with Gasteiger partial charge in [-0.3, -0.25) is 4.55 Å². The van der Waals surface area contributed by atoms with Crippen LogP contribution < -0.4 is 0 Å². The molecule has 0 amide bonds. The summed E-state index contributed by atoms with van der Waals surface area (Å²) in [5.74, 6) is 0. The zero-order valence-corrected chi connectivity index (χ0v) is 10.1. The van der Waals surface area contributed by atoms with E-state index in [-0.39, 0.29) is 0 Å². The average Bonchev–Trinajstić information content (AvgIpc) is 1.44. The van der Waals surface area contributed by atoms with Crippen LogP contribution in [0.2, 0.25) is 0 Å². The molecule has 13 heavy (non-hydrogen) atoms. The molecule has 0 aliphatic heterocycles. The van der Waals surface area contributed by atoms with Crippen molar-refractivity contribution in [1.29, 1.82) is 0 Å². The first-order valence-corrected chi connectivity index (χ1v) is 5.83. The molecule has 0 saturated heterocycles. The summed E-state index contributed by atoms with van der Waals surface area (Å²) in [6.45, 7) is 10.9. The van der Waals surface area contributed by atoms with E-state index in [9.17, 15) is 8.42 Å². The number of hydrogen-bond donors (Lipinski definition) is 1. The van der Waals surface area contributed by atoms with Gasteiger partial charge in [-0.15, -0.1) is 0 Å². The number of hydrogen-bond acceptors (Lipinski definition) is 2. The Balaban J connectivity index is 5.28. The molecule has 0 aliphatic carbocycles. The maximum Gasteiger partial charge on any atom is 0.268 e. The molecule has 80 valence electrons. The Morgan fingerprint density at radius 2 is 1.15 bits per heavy atom. The van der Waals surface area contributed by atoms with E-state index >= 15 is 0 Å². The van der Waals surface area contributed by atoms with Crippen LogP contribution in [-0.2, 0) is 10.1 Å². The second-order valence-corrected chi connectivity index (χ2v) is 7.13. The highest BCUT2D eigenvalue weighted by atomic mass is 32.2. The minimum Gasteiger partial charge on any atom is -0.285 e. The highest BCUT2D eigenvalue weighted by molar-refractivity contribution is 7.86. The van der Waals surface area contributed by atoms with Crippen molar-refractivity contribution in [2.45, 2.75) is 46.8 Å². The summed E-state index contributed by atoms with van der Waals surface area (Å²) >= 11 is 0. The second kappa shape index (κ2) is 3.24. The first-order valence-electron chi connectivity index (χ1n) is 4.33. The maximum absolute atomic E-state index is 11.2. The van der Waals surface area contributed by atoms with E-state index in [0.717, 1.165) is 0 Å². The summed E-state index contributed by atoms with van der Waals surface area (Å²) in [6, 6.07) is 0. The van der Waals surface area contributed by atoms with Gasteiger partial charge in [-0.05, 0) is 10.8 Å². The average molecular weight is 208 g/mol. The van der Waals surface area contributed by atoms with Gasteiger partial charge in [0.2, 0.25) is 0 Å². The lowest BCUT2D eigenvalue weighted by molar-refractivity contribution is 0.225. The summed E-state index contributed by atoms with van der Waals surface area (Å²) < 4.78 is 31.5. The van der Waals surface area contributed by atoms with E-state index in [1.54, 1.807) is 0 Å². The van der Waals surface area contributed by atoms with Gasteiger partial charge in [0, 0.05) is 0 Å². The lowest BCUT2D eigenvalue weighted by Crippen LogP contribution is -2.44. The third-order valence-electron chi connectivity index (χ3n) is 1.87. The van der Waals surface area contributed by atoms with Crippen molar-refractivity contribution in [3.8, 4) is 0 Å². The minimum atomic E-state index is -3.98. The van der Waals surface area contributed by atoms with E-state index in [2.05, 4.69) is 0 Å². The molecule has 0 saturated carbocycles. The quantitative estimate of drug-likeness (QED) is 0.673. The zero-order chi connectivity index (χ0) is 11.1. The fourth-order valence-electron chi connectivity index (χ4n) is 2.19. The van der Waals surface area contributed by atoms with E-state index in [4.69, 9.17) is 4.55 Å². The normalized spacial score (nSPS) is 15.1. The topological polar surface area (TPSA) is 54.4 Å². The van der Waals surface area contributed by atoms with Crippen LogP contribution in [0, 0.1) is 10.8 Å². The predicted molar refractivity (Wildman–Crippen MR) is 54.2 cm³/mol. The third-order valence-corrected chi connectivity index (χ3v) is 3.88. The molecule has 0 rings (SSSR count). The van der Waals surface area contributed by atoms with Crippen LogP contribution in [0.5, 0.6) is 0 Å². The molecule has 0 radical (unpaired) electrons. The summed E-state index contributed by atoms with van der Waals surface area (Å²) in [7, 11) is -3.98. The molecule has 0 atom stereocenters. The van der Waals surface area contributed by atoms with Gasteiger partial charge in [0.1, 0.15) is 0 Å². The van der Waals surface area contributed by atoms with Crippen molar-refractivity contribution in [3.63, 3.8) is 0 Å². The van der Waals surface area contributed by atoms with E-state index in [1.165, 1.54) is 0 Å². The van der Waals surface area contributed by atoms with Crippen LogP contribution in [0.3, 0.4) is 0 Å². The fourth-order valence-corrected chi connectivity index (χ4v) is 3.98. The van der Waals surface area contributed by atoms with Crippen molar-refractivity contribution in [1.82, 2.24) is 0 Å². The molecule has 0 aromatic rings. The lowest BCUT2D eigenvalue weighted by Gasteiger charge is -2.37. The predicted octanol–water partition coefficient (Wildman–Crippen LogP) is 2.33. The molecule has 0 aromatic carbocycles. The van der Waals surface area contributed by atoms with Gasteiger partial charge < -0.3 is 0 Å². The summed E-state index contributed by atoms with van der Waals surface area (Å²) in [5.41, 5.74) is -0.905. The van der Waals surface area contributed by atoms with Gasteiger partial charge in [-0.25, -0.2) is 0 Å². The monoisotopic (exact) mass is 208 g/mol. The van der Waals surface area contributed by atoms with Crippen LogP contribution in [0.1, 0.15) is 41.5 Å². The molecular formula is C9H20O3S. The van der Waals surface area contributed by atoms with E-state index < -0.39 is 26.2 Å². The van der Waals surface area contributed by atoms with Gasteiger partial charge in [-0.1, -0.05) is 41.5 Å². The van der Waals surface area contributed by atoms with Crippen LogP contribution in [0.25, 0.3) is 0 Å². The summed E-state index contributed by atoms with van der Waals surface area (Å²) in [6.07, 6.45) is 0. The van der Waals surface area contributed by atoms with Crippen LogP contribution in [0.4, 0.5) is 0 Å². The number of rotatable bonds is 1. The highest BCUT2D eigenvalue weighted by Crippen LogP contribution is 2.38. The van der Waals surface area contributed by atoms with Gasteiger partial charge >= 0.3 is 0 Å². The first kappa shape index (κ1) is 12.9. The Labute approximate surface area is 81.3 Å². The first-order chi connectivity index (χ1) is 5.37. The van der Waals surface area contributed by atoms with Crippen LogP contribution >= 0.6 is 0 Å². The van der Waals surface area contributed by atoms with Crippen molar-refractivity contribution >= 4 is 10.1 Å². The summed E-state index contributed by atoms with van der Waals surface area (Å²) in [5, 5.41) is -0.743. The van der Waals surface area contributed by atoms with Crippen molar-refractivity contribution in [2.24, 2.45) is 10.8 Å². The molecule has 0 unspecified atom stereocenters. The minimum absolute atomic E-state index is 0.453. The van der Waals surface area contributed by atoms with Crippen molar-refractivity contribution in [2.75, 3.05) is 0 Å². The van der Waals surface area contributed by atoms with E-state index in [0.29, 0.717) is 0 Å². The maximum atomic E-state index is 11.2. The Morgan fingerprint density at radius 1 is 0.923 bits per heavy atom. The summed E-state index contributed by atoms with van der Waals surface area (Å²) in [4.78, 5) is 0. The van der Waals surface area contributed by atoms with Gasteiger partial charge in [0.05, 0.1) is 5.25 Å². The Morgan fingerprint density at radius 3 is 1.15 bits per heavy atom. The lowest BCUT2D eigenvalue weighted by atomic mass is 9.77. The molecule has 0 fully saturated rings. The zero-order valence-electron chi connectivity index (χ0n) is 9.25. The molecule has 0 aliphatic rings. The third kappa shape index (κ3) is 3.65. The van der Waals surface area contributed by atoms with Crippen molar-refractivity contribution in [3.05, 3.63) is 0 Å². The van der Waals surface area contributed by atoms with Crippen LogP contribution in [0.15, 0.2) is 0 Å². The molecule has 3 nitrogen and oxygen atoms in total. The molecule has 0 spiro atoms. The molecule has 0 aromatic heterocycles. The molecule has 0 heterocycles. The smallest absolute Gasteiger partial charge is 0.268 e. The standard InChI is InChI=1S/C9H20O3S/c1-8(2,3)7(9(4,5)6)13(10,11)12/h7H,1-6H3,(H,10,11,12). The van der Waals surface area contributed by atoms with Gasteiger partial charge in [0.25, 0.3) is 10.1 Å². The molecule has 4 heteroatoms. The van der Waals surface area contributed by atoms with Gasteiger partial charge in [0.15, 0.2) is 0 Å². The Hall–Kier alpha value is -0.0900.